The second-order valence-electron chi connectivity index (χ2n) is 6.57. The summed E-state index contributed by atoms with van der Waals surface area (Å²) in [7, 11) is 0. The first kappa shape index (κ1) is 17.4. The molecule has 3 rings (SSSR count). The van der Waals surface area contributed by atoms with Gasteiger partial charge in [-0.1, -0.05) is 12.1 Å². The van der Waals surface area contributed by atoms with Gasteiger partial charge in [-0.15, -0.1) is 0 Å². The molecular weight excluding hydrogens is 324 g/mol. The summed E-state index contributed by atoms with van der Waals surface area (Å²) in [5.74, 6) is -0.398. The van der Waals surface area contributed by atoms with Gasteiger partial charge in [-0.3, -0.25) is 24.6 Å². The van der Waals surface area contributed by atoms with Crippen LogP contribution in [0.15, 0.2) is 24.3 Å². The molecule has 1 aromatic carbocycles. The maximum absolute atomic E-state index is 11.7. The van der Waals surface area contributed by atoms with Gasteiger partial charge in [0.25, 0.3) is 5.91 Å². The van der Waals surface area contributed by atoms with Gasteiger partial charge in [-0.25, -0.2) is 0 Å². The Kier molecular flexibility index (Phi) is 5.33. The number of piperidine rings is 2. The molecule has 2 aliphatic heterocycles. The number of likely N-dealkylation sites (tertiary alicyclic amines) is 1. The van der Waals surface area contributed by atoms with Crippen LogP contribution in [0.5, 0.6) is 5.75 Å². The summed E-state index contributed by atoms with van der Waals surface area (Å²) >= 11 is 0. The summed E-state index contributed by atoms with van der Waals surface area (Å²) in [6.07, 6.45) is 1.93. The van der Waals surface area contributed by atoms with Crippen LogP contribution < -0.4 is 10.1 Å². The molecule has 2 saturated heterocycles. The number of carboxylic acid groups (broad SMARTS) is 1. The number of nitrogens with zero attached hydrogens (tertiary/aromatic N) is 1. The second-order valence-corrected chi connectivity index (χ2v) is 6.57. The van der Waals surface area contributed by atoms with E-state index < -0.39 is 12.1 Å². The number of benzene rings is 1. The number of hydrogen-bond acceptors (Lipinski definition) is 5. The monoisotopic (exact) mass is 346 g/mol. The topological polar surface area (TPSA) is 95.9 Å². The van der Waals surface area contributed by atoms with Crippen molar-refractivity contribution in [2.45, 2.75) is 37.7 Å². The van der Waals surface area contributed by atoms with Gasteiger partial charge in [0.2, 0.25) is 5.91 Å². The molecule has 0 aliphatic carbocycles. The molecule has 7 nitrogen and oxygen atoms in total. The first-order valence-electron chi connectivity index (χ1n) is 8.56. The zero-order valence-corrected chi connectivity index (χ0v) is 13.9. The van der Waals surface area contributed by atoms with Crippen molar-refractivity contribution in [1.82, 2.24) is 10.2 Å². The third kappa shape index (κ3) is 4.57. The van der Waals surface area contributed by atoms with Crippen molar-refractivity contribution in [3.05, 3.63) is 29.8 Å². The molecule has 134 valence electrons. The number of amides is 2. The van der Waals surface area contributed by atoms with E-state index in [4.69, 9.17) is 9.84 Å². The Labute approximate surface area is 146 Å². The van der Waals surface area contributed by atoms with Crippen molar-refractivity contribution in [3.8, 4) is 5.75 Å². The van der Waals surface area contributed by atoms with Crippen LogP contribution in [0.1, 0.15) is 37.2 Å². The van der Waals surface area contributed by atoms with Gasteiger partial charge in [-0.2, -0.15) is 0 Å². The lowest BCUT2D eigenvalue weighted by Crippen LogP contribution is -2.46. The average Bonchev–Trinajstić information content (AvgIpc) is 2.58. The van der Waals surface area contributed by atoms with E-state index in [1.54, 1.807) is 0 Å². The number of carbonyl (C=O) groups is 3. The molecule has 0 aromatic heterocycles. The number of rotatable bonds is 5. The van der Waals surface area contributed by atoms with Crippen molar-refractivity contribution < 1.29 is 24.2 Å². The number of carboxylic acids is 1. The zero-order valence-electron chi connectivity index (χ0n) is 13.9. The van der Waals surface area contributed by atoms with Crippen molar-refractivity contribution in [2.24, 2.45) is 0 Å². The average molecular weight is 346 g/mol. The molecule has 2 aliphatic rings. The van der Waals surface area contributed by atoms with Crippen LogP contribution in [0.4, 0.5) is 0 Å². The molecule has 25 heavy (non-hydrogen) atoms. The van der Waals surface area contributed by atoms with Crippen molar-refractivity contribution in [1.29, 1.82) is 0 Å². The highest BCUT2D eigenvalue weighted by Gasteiger charge is 2.28. The Bertz CT molecular complexity index is 650. The smallest absolute Gasteiger partial charge is 0.317 e. The number of aliphatic carboxylic acids is 1. The van der Waals surface area contributed by atoms with E-state index in [0.29, 0.717) is 24.5 Å². The summed E-state index contributed by atoms with van der Waals surface area (Å²) < 4.78 is 5.68. The summed E-state index contributed by atoms with van der Waals surface area (Å²) in [4.78, 5) is 35.6. The van der Waals surface area contributed by atoms with Gasteiger partial charge in [-0.05, 0) is 49.5 Å². The third-order valence-electron chi connectivity index (χ3n) is 4.76. The predicted molar refractivity (Wildman–Crippen MR) is 89.3 cm³/mol. The van der Waals surface area contributed by atoms with Crippen LogP contribution >= 0.6 is 0 Å². The van der Waals surface area contributed by atoms with Gasteiger partial charge >= 0.3 is 5.97 Å². The van der Waals surface area contributed by atoms with Crippen LogP contribution in [0, 0.1) is 0 Å². The van der Waals surface area contributed by atoms with Crippen LogP contribution in [0.2, 0.25) is 0 Å². The van der Waals surface area contributed by atoms with Crippen molar-refractivity contribution in [3.63, 3.8) is 0 Å². The van der Waals surface area contributed by atoms with Crippen LogP contribution in [0.3, 0.4) is 0 Å². The number of imide groups is 1. The molecule has 2 fully saturated rings. The lowest BCUT2D eigenvalue weighted by atomic mass is 9.89. The molecule has 7 heteroatoms. The molecule has 0 radical (unpaired) electrons. The van der Waals surface area contributed by atoms with Gasteiger partial charge < -0.3 is 9.84 Å². The quantitative estimate of drug-likeness (QED) is 0.776. The number of carbonyl (C=O) groups excluding carboxylic acids is 2. The fourth-order valence-electron chi connectivity index (χ4n) is 3.38. The molecule has 1 atom stereocenters. The minimum Gasteiger partial charge on any atom is -0.481 e. The highest BCUT2D eigenvalue weighted by atomic mass is 16.5. The van der Waals surface area contributed by atoms with Crippen LogP contribution in [-0.4, -0.2) is 53.5 Å². The molecule has 0 saturated carbocycles. The third-order valence-corrected chi connectivity index (χ3v) is 4.76. The molecule has 0 bridgehead atoms. The summed E-state index contributed by atoms with van der Waals surface area (Å²) in [6.45, 7) is 1.67. The van der Waals surface area contributed by atoms with E-state index in [9.17, 15) is 14.4 Å². The van der Waals surface area contributed by atoms with E-state index in [0.717, 1.165) is 25.9 Å². The number of ether oxygens (including phenoxy) is 1. The van der Waals surface area contributed by atoms with Gasteiger partial charge in [0.05, 0.1) is 6.54 Å². The summed E-state index contributed by atoms with van der Waals surface area (Å²) in [5.41, 5.74) is 1.20. The Morgan fingerprint density at radius 2 is 1.84 bits per heavy atom. The number of hydrogen-bond donors (Lipinski definition) is 2. The van der Waals surface area contributed by atoms with E-state index in [-0.39, 0.29) is 18.4 Å². The Hall–Kier alpha value is -2.41. The molecule has 2 heterocycles. The van der Waals surface area contributed by atoms with Crippen molar-refractivity contribution >= 4 is 17.8 Å². The largest absolute Gasteiger partial charge is 0.481 e. The van der Waals surface area contributed by atoms with E-state index in [1.807, 2.05) is 29.2 Å². The number of nitrogens with one attached hydrogen (secondary N) is 1. The fourth-order valence-corrected chi connectivity index (χ4v) is 3.38. The van der Waals surface area contributed by atoms with Crippen LogP contribution in [-0.2, 0) is 14.4 Å². The summed E-state index contributed by atoms with van der Waals surface area (Å²) in [5, 5.41) is 11.1. The lowest BCUT2D eigenvalue weighted by Gasteiger charge is -2.31. The van der Waals surface area contributed by atoms with Crippen LogP contribution in [0.25, 0.3) is 0 Å². The first-order valence-corrected chi connectivity index (χ1v) is 8.56. The highest BCUT2D eigenvalue weighted by Crippen LogP contribution is 2.29. The highest BCUT2D eigenvalue weighted by molar-refractivity contribution is 5.99. The molecule has 0 unspecified atom stereocenters. The summed E-state index contributed by atoms with van der Waals surface area (Å²) in [6, 6.07) is 7.70. The molecular formula is C18H22N2O5. The predicted octanol–water partition coefficient (Wildman–Crippen LogP) is 1.13. The fraction of sp³-hybridized carbons (Fsp3) is 0.500. The maximum atomic E-state index is 11.7. The molecule has 2 N–H and O–H groups in total. The minimum atomic E-state index is -0.784. The zero-order chi connectivity index (χ0) is 17.8. The van der Waals surface area contributed by atoms with E-state index in [2.05, 4.69) is 5.32 Å². The normalized spacial score (nSPS) is 22.5. The molecule has 1 aromatic rings. The van der Waals surface area contributed by atoms with Gasteiger partial charge in [0, 0.05) is 12.8 Å². The molecule has 2 amide bonds. The Morgan fingerprint density at radius 1 is 1.16 bits per heavy atom. The Balaban J connectivity index is 1.53. The van der Waals surface area contributed by atoms with E-state index >= 15 is 0 Å². The Morgan fingerprint density at radius 3 is 2.44 bits per heavy atom. The standard InChI is InChI=1S/C18H22N2O5/c21-16-6-5-15(18(24)19-16)25-14-3-1-12(2-4-14)13-7-9-20(10-8-13)11-17(22)23/h1-4,13,15H,5-11H2,(H,22,23)(H,19,21,24)/t15-/m0/s1. The lowest BCUT2D eigenvalue weighted by molar-refractivity contribution is -0.139. The second kappa shape index (κ2) is 7.65. The maximum Gasteiger partial charge on any atom is 0.317 e. The van der Waals surface area contributed by atoms with Gasteiger partial charge in [0.15, 0.2) is 6.10 Å². The van der Waals surface area contributed by atoms with Crippen molar-refractivity contribution in [2.75, 3.05) is 19.6 Å². The minimum absolute atomic E-state index is 0.103. The van der Waals surface area contributed by atoms with Gasteiger partial charge in [0.1, 0.15) is 5.75 Å². The van der Waals surface area contributed by atoms with E-state index in [1.165, 1.54) is 5.56 Å². The molecule has 0 spiro atoms. The SMILES string of the molecule is O=C(O)CN1CCC(c2ccc(O[C@H]3CCC(=O)NC3=O)cc2)CC1. The first-order chi connectivity index (χ1) is 12.0.